The molecule has 2 unspecified atom stereocenters. The number of nitrogens with zero attached hydrogens (tertiary/aromatic N) is 1. The van der Waals surface area contributed by atoms with E-state index in [1.54, 1.807) is 0 Å². The van der Waals surface area contributed by atoms with Gasteiger partial charge < -0.3 is 5.32 Å². The van der Waals surface area contributed by atoms with Crippen LogP contribution in [0.4, 0.5) is 0 Å². The van der Waals surface area contributed by atoms with Gasteiger partial charge in [-0.3, -0.25) is 5.10 Å². The van der Waals surface area contributed by atoms with Gasteiger partial charge in [0.2, 0.25) is 0 Å². The zero-order valence-corrected chi connectivity index (χ0v) is 8.83. The minimum absolute atomic E-state index is 0.738. The number of H-pyrrole nitrogens is 1. The molecule has 2 aromatic rings. The summed E-state index contributed by atoms with van der Waals surface area (Å²) in [5.74, 6) is 0.862. The van der Waals surface area contributed by atoms with Gasteiger partial charge in [-0.1, -0.05) is 19.1 Å². The van der Waals surface area contributed by atoms with Crippen LogP contribution in [0, 0.1) is 5.92 Å². The van der Waals surface area contributed by atoms with Gasteiger partial charge in [0.1, 0.15) is 0 Å². The van der Waals surface area contributed by atoms with Crippen molar-refractivity contribution in [3.63, 3.8) is 0 Å². The van der Waals surface area contributed by atoms with Crippen molar-refractivity contribution in [2.24, 2.45) is 5.92 Å². The highest BCUT2D eigenvalue weighted by Gasteiger charge is 2.31. The standard InChI is InChI=1S/C12H15N3/c1-8-4-11(8)13-6-9-2-3-10-7-14-15-12(10)5-9/h2-3,5,7-8,11,13H,4,6H2,1H3,(H,14,15). The van der Waals surface area contributed by atoms with E-state index >= 15 is 0 Å². The number of fused-ring (bicyclic) bond motifs is 1. The summed E-state index contributed by atoms with van der Waals surface area (Å²) in [4.78, 5) is 0. The zero-order chi connectivity index (χ0) is 10.3. The monoisotopic (exact) mass is 201 g/mol. The van der Waals surface area contributed by atoms with E-state index in [0.717, 1.165) is 24.0 Å². The number of nitrogens with one attached hydrogen (secondary N) is 2. The molecule has 3 rings (SSSR count). The molecule has 15 heavy (non-hydrogen) atoms. The number of hydrogen-bond donors (Lipinski definition) is 2. The van der Waals surface area contributed by atoms with Gasteiger partial charge in [0.25, 0.3) is 0 Å². The van der Waals surface area contributed by atoms with E-state index in [2.05, 4.69) is 40.6 Å². The quantitative estimate of drug-likeness (QED) is 0.798. The summed E-state index contributed by atoms with van der Waals surface area (Å²) >= 11 is 0. The maximum Gasteiger partial charge on any atom is 0.0653 e. The Hall–Kier alpha value is -1.35. The lowest BCUT2D eigenvalue weighted by Gasteiger charge is -2.03. The van der Waals surface area contributed by atoms with Gasteiger partial charge in [-0.2, -0.15) is 5.10 Å². The molecular formula is C12H15N3. The van der Waals surface area contributed by atoms with Gasteiger partial charge in [-0.05, 0) is 24.0 Å². The van der Waals surface area contributed by atoms with Crippen molar-refractivity contribution in [1.82, 2.24) is 15.5 Å². The molecule has 2 N–H and O–H groups in total. The Morgan fingerprint density at radius 3 is 3.20 bits per heavy atom. The maximum absolute atomic E-state index is 4.02. The average Bonchev–Trinajstić information content (AvgIpc) is 2.78. The summed E-state index contributed by atoms with van der Waals surface area (Å²) < 4.78 is 0. The van der Waals surface area contributed by atoms with E-state index in [1.165, 1.54) is 17.4 Å². The Bertz CT molecular complexity index is 474. The SMILES string of the molecule is CC1CC1NCc1ccc2cn[nH]c2c1. The smallest absolute Gasteiger partial charge is 0.0653 e. The molecule has 1 heterocycles. The van der Waals surface area contributed by atoms with E-state index in [0.29, 0.717) is 0 Å². The third-order valence-electron chi connectivity index (χ3n) is 3.18. The van der Waals surface area contributed by atoms with Crippen molar-refractivity contribution >= 4 is 10.9 Å². The first-order valence-corrected chi connectivity index (χ1v) is 5.48. The molecule has 1 aliphatic rings. The molecular weight excluding hydrogens is 186 g/mol. The molecule has 1 saturated carbocycles. The van der Waals surface area contributed by atoms with E-state index in [1.807, 2.05) is 6.20 Å². The molecule has 0 spiro atoms. The highest BCUT2D eigenvalue weighted by Crippen LogP contribution is 2.29. The van der Waals surface area contributed by atoms with Gasteiger partial charge in [-0.25, -0.2) is 0 Å². The largest absolute Gasteiger partial charge is 0.310 e. The first-order chi connectivity index (χ1) is 7.33. The average molecular weight is 201 g/mol. The van der Waals surface area contributed by atoms with Crippen LogP contribution in [0.25, 0.3) is 10.9 Å². The number of aromatic amines is 1. The second-order valence-electron chi connectivity index (χ2n) is 4.49. The fourth-order valence-electron chi connectivity index (χ4n) is 1.95. The summed E-state index contributed by atoms with van der Waals surface area (Å²) in [7, 11) is 0. The molecule has 0 bridgehead atoms. The first kappa shape index (κ1) is 8.92. The number of rotatable bonds is 3. The minimum Gasteiger partial charge on any atom is -0.310 e. The molecule has 0 amide bonds. The molecule has 0 aliphatic heterocycles. The Kier molecular flexibility index (Phi) is 1.99. The molecule has 78 valence electrons. The van der Waals surface area contributed by atoms with E-state index in [4.69, 9.17) is 0 Å². The maximum atomic E-state index is 4.02. The molecule has 1 aromatic carbocycles. The van der Waals surface area contributed by atoms with E-state index < -0.39 is 0 Å². The summed E-state index contributed by atoms with van der Waals surface area (Å²) in [6, 6.07) is 7.19. The van der Waals surface area contributed by atoms with Crippen LogP contribution in [0.5, 0.6) is 0 Å². The molecule has 1 aromatic heterocycles. The Balaban J connectivity index is 1.73. The summed E-state index contributed by atoms with van der Waals surface area (Å²) in [6.45, 7) is 3.25. The lowest BCUT2D eigenvalue weighted by Crippen LogP contribution is -2.16. The van der Waals surface area contributed by atoms with Gasteiger partial charge in [0, 0.05) is 18.0 Å². The third-order valence-corrected chi connectivity index (χ3v) is 3.18. The fourth-order valence-corrected chi connectivity index (χ4v) is 1.95. The van der Waals surface area contributed by atoms with Gasteiger partial charge >= 0.3 is 0 Å². The van der Waals surface area contributed by atoms with Crippen molar-refractivity contribution in [3.8, 4) is 0 Å². The summed E-state index contributed by atoms with van der Waals surface area (Å²) in [5.41, 5.74) is 2.45. The van der Waals surface area contributed by atoms with Crippen LogP contribution in [0.2, 0.25) is 0 Å². The third kappa shape index (κ3) is 1.75. The van der Waals surface area contributed by atoms with Gasteiger partial charge in [0.05, 0.1) is 11.7 Å². The van der Waals surface area contributed by atoms with Crippen LogP contribution in [0.3, 0.4) is 0 Å². The number of benzene rings is 1. The minimum atomic E-state index is 0.738. The van der Waals surface area contributed by atoms with Crippen LogP contribution < -0.4 is 5.32 Å². The lowest BCUT2D eigenvalue weighted by molar-refractivity contribution is 0.653. The molecule has 1 fully saturated rings. The predicted octanol–water partition coefficient (Wildman–Crippen LogP) is 2.06. The van der Waals surface area contributed by atoms with Crippen molar-refractivity contribution in [3.05, 3.63) is 30.0 Å². The van der Waals surface area contributed by atoms with Crippen LogP contribution in [-0.4, -0.2) is 16.2 Å². The van der Waals surface area contributed by atoms with Crippen molar-refractivity contribution in [2.75, 3.05) is 0 Å². The first-order valence-electron chi connectivity index (χ1n) is 5.48. The zero-order valence-electron chi connectivity index (χ0n) is 8.83. The van der Waals surface area contributed by atoms with Crippen LogP contribution in [0.1, 0.15) is 18.9 Å². The number of aromatic nitrogens is 2. The second kappa shape index (κ2) is 3.35. The molecule has 0 saturated heterocycles. The summed E-state index contributed by atoms with van der Waals surface area (Å²) in [5, 5.41) is 11.7. The van der Waals surface area contributed by atoms with Crippen LogP contribution in [0.15, 0.2) is 24.4 Å². The predicted molar refractivity (Wildman–Crippen MR) is 60.5 cm³/mol. The van der Waals surface area contributed by atoms with Crippen LogP contribution in [-0.2, 0) is 6.54 Å². The van der Waals surface area contributed by atoms with Crippen LogP contribution >= 0.6 is 0 Å². The molecule has 0 radical (unpaired) electrons. The number of hydrogen-bond acceptors (Lipinski definition) is 2. The normalized spacial score (nSPS) is 24.6. The van der Waals surface area contributed by atoms with E-state index in [9.17, 15) is 0 Å². The molecule has 2 atom stereocenters. The highest BCUT2D eigenvalue weighted by atomic mass is 15.1. The highest BCUT2D eigenvalue weighted by molar-refractivity contribution is 5.78. The Labute approximate surface area is 88.9 Å². The van der Waals surface area contributed by atoms with Crippen molar-refractivity contribution < 1.29 is 0 Å². The van der Waals surface area contributed by atoms with Gasteiger partial charge in [-0.15, -0.1) is 0 Å². The topological polar surface area (TPSA) is 40.7 Å². The Morgan fingerprint density at radius 1 is 1.53 bits per heavy atom. The molecule has 1 aliphatic carbocycles. The fraction of sp³-hybridized carbons (Fsp3) is 0.417. The van der Waals surface area contributed by atoms with Crippen molar-refractivity contribution in [2.45, 2.75) is 25.9 Å². The van der Waals surface area contributed by atoms with E-state index in [-0.39, 0.29) is 0 Å². The lowest BCUT2D eigenvalue weighted by atomic mass is 10.1. The summed E-state index contributed by atoms with van der Waals surface area (Å²) in [6.07, 6.45) is 3.18. The molecule has 3 nitrogen and oxygen atoms in total. The Morgan fingerprint density at radius 2 is 2.40 bits per heavy atom. The van der Waals surface area contributed by atoms with Crippen molar-refractivity contribution in [1.29, 1.82) is 0 Å². The van der Waals surface area contributed by atoms with Gasteiger partial charge in [0.15, 0.2) is 0 Å². The second-order valence-corrected chi connectivity index (χ2v) is 4.49. The molecule has 3 heteroatoms.